The van der Waals surface area contributed by atoms with Gasteiger partial charge in [0.25, 0.3) is 5.56 Å². The minimum Gasteiger partial charge on any atom is -0.411 e. The number of piperidine rings is 1. The fourth-order valence-corrected chi connectivity index (χ4v) is 1.99. The molecule has 0 unspecified atom stereocenters. The summed E-state index contributed by atoms with van der Waals surface area (Å²) in [6, 6.07) is 1.52. The number of H-pyrrole nitrogens is 1. The number of nitrogens with zero attached hydrogens (tertiary/aromatic N) is 3. The molecule has 98 valence electrons. The van der Waals surface area contributed by atoms with Crippen LogP contribution in [0.5, 0.6) is 0 Å². The van der Waals surface area contributed by atoms with E-state index >= 15 is 0 Å². The second-order valence-corrected chi connectivity index (χ2v) is 4.80. The Hall–Kier alpha value is -1.85. The molecule has 0 atom stereocenters. The fourth-order valence-electron chi connectivity index (χ4n) is 1.99. The molecule has 1 aromatic heterocycles. The third-order valence-electron chi connectivity index (χ3n) is 3.10. The zero-order valence-corrected chi connectivity index (χ0v) is 10.7. The second-order valence-electron chi connectivity index (χ2n) is 4.80. The molecule has 6 nitrogen and oxygen atoms in total. The molecule has 0 saturated carbocycles. The fraction of sp³-hybridized carbons (Fsp3) is 0.583. The summed E-state index contributed by atoms with van der Waals surface area (Å²) in [5.41, 5.74) is 0.686. The van der Waals surface area contributed by atoms with E-state index in [0.29, 0.717) is 24.5 Å². The quantitative estimate of drug-likeness (QED) is 0.612. The highest BCUT2D eigenvalue weighted by Crippen LogP contribution is 2.17. The Kier molecular flexibility index (Phi) is 3.64. The lowest BCUT2D eigenvalue weighted by Gasteiger charge is -2.28. The van der Waals surface area contributed by atoms with E-state index < -0.39 is 0 Å². The largest absolute Gasteiger partial charge is 0.411 e. The Labute approximate surface area is 105 Å². The summed E-state index contributed by atoms with van der Waals surface area (Å²) in [7, 11) is 0. The molecule has 0 bridgehead atoms. The molecule has 0 spiro atoms. The lowest BCUT2D eigenvalue weighted by Crippen LogP contribution is -2.35. The van der Waals surface area contributed by atoms with Crippen molar-refractivity contribution >= 4 is 11.5 Å². The maximum absolute atomic E-state index is 11.6. The van der Waals surface area contributed by atoms with Crippen LogP contribution in [0.2, 0.25) is 0 Å². The van der Waals surface area contributed by atoms with E-state index in [0.717, 1.165) is 18.8 Å². The van der Waals surface area contributed by atoms with Crippen LogP contribution in [0.25, 0.3) is 0 Å². The molecule has 1 saturated heterocycles. The van der Waals surface area contributed by atoms with Gasteiger partial charge in [-0.05, 0) is 0 Å². The Morgan fingerprint density at radius 2 is 2.11 bits per heavy atom. The smallest absolute Gasteiger partial charge is 0.252 e. The van der Waals surface area contributed by atoms with Crippen molar-refractivity contribution in [1.29, 1.82) is 0 Å². The first-order chi connectivity index (χ1) is 8.60. The SMILES string of the molecule is CC(C)c1nc(N2CCC(=NO)CC2)cc(=O)[nH]1. The molecule has 18 heavy (non-hydrogen) atoms. The number of anilines is 1. The molecule has 0 aromatic carbocycles. The van der Waals surface area contributed by atoms with Crippen molar-refractivity contribution in [1.82, 2.24) is 9.97 Å². The third kappa shape index (κ3) is 2.69. The molecule has 6 heteroatoms. The van der Waals surface area contributed by atoms with Crippen molar-refractivity contribution in [2.75, 3.05) is 18.0 Å². The van der Waals surface area contributed by atoms with E-state index in [1.165, 1.54) is 6.07 Å². The molecule has 0 radical (unpaired) electrons. The van der Waals surface area contributed by atoms with Gasteiger partial charge in [0.05, 0.1) is 5.71 Å². The zero-order chi connectivity index (χ0) is 13.1. The van der Waals surface area contributed by atoms with Gasteiger partial charge in [-0.1, -0.05) is 19.0 Å². The number of aromatic nitrogens is 2. The summed E-state index contributed by atoms with van der Waals surface area (Å²) in [5.74, 6) is 1.61. The molecule has 1 aromatic rings. The van der Waals surface area contributed by atoms with Crippen molar-refractivity contribution in [2.24, 2.45) is 5.16 Å². The monoisotopic (exact) mass is 250 g/mol. The summed E-state index contributed by atoms with van der Waals surface area (Å²) < 4.78 is 0. The molecular formula is C12H18N4O2. The van der Waals surface area contributed by atoms with Gasteiger partial charge in [-0.25, -0.2) is 4.98 Å². The van der Waals surface area contributed by atoms with Crippen LogP contribution in [-0.2, 0) is 0 Å². The van der Waals surface area contributed by atoms with E-state index in [2.05, 4.69) is 20.0 Å². The first-order valence-corrected chi connectivity index (χ1v) is 6.16. The van der Waals surface area contributed by atoms with Gasteiger partial charge < -0.3 is 15.1 Å². The number of hydrogen-bond donors (Lipinski definition) is 2. The predicted octanol–water partition coefficient (Wildman–Crippen LogP) is 1.32. The number of nitrogens with one attached hydrogen (secondary N) is 1. The van der Waals surface area contributed by atoms with Gasteiger partial charge in [0, 0.05) is 37.9 Å². The maximum Gasteiger partial charge on any atom is 0.252 e. The summed E-state index contributed by atoms with van der Waals surface area (Å²) in [5, 5.41) is 11.9. The van der Waals surface area contributed by atoms with Crippen molar-refractivity contribution in [3.8, 4) is 0 Å². The van der Waals surface area contributed by atoms with E-state index in [9.17, 15) is 4.79 Å². The van der Waals surface area contributed by atoms with Gasteiger partial charge in [-0.2, -0.15) is 0 Å². The van der Waals surface area contributed by atoms with Crippen molar-refractivity contribution in [2.45, 2.75) is 32.6 Å². The van der Waals surface area contributed by atoms with Gasteiger partial charge in [-0.15, -0.1) is 0 Å². The molecule has 1 aliphatic heterocycles. The molecule has 1 fully saturated rings. The topological polar surface area (TPSA) is 81.6 Å². The zero-order valence-electron chi connectivity index (χ0n) is 10.7. The lowest BCUT2D eigenvalue weighted by molar-refractivity contribution is 0.315. The van der Waals surface area contributed by atoms with E-state index in [1.54, 1.807) is 0 Å². The first kappa shape index (κ1) is 12.6. The van der Waals surface area contributed by atoms with Crippen molar-refractivity contribution in [3.05, 3.63) is 22.2 Å². The van der Waals surface area contributed by atoms with Gasteiger partial charge in [0.1, 0.15) is 11.6 Å². The Morgan fingerprint density at radius 3 is 2.67 bits per heavy atom. The van der Waals surface area contributed by atoms with Crippen LogP contribution in [0, 0.1) is 0 Å². The maximum atomic E-state index is 11.6. The average molecular weight is 250 g/mol. The van der Waals surface area contributed by atoms with E-state index in [-0.39, 0.29) is 11.5 Å². The molecule has 2 rings (SSSR count). The highest BCUT2D eigenvalue weighted by atomic mass is 16.4. The van der Waals surface area contributed by atoms with Crippen LogP contribution in [0.3, 0.4) is 0 Å². The molecule has 2 heterocycles. The molecule has 0 amide bonds. The van der Waals surface area contributed by atoms with Gasteiger partial charge in [0.2, 0.25) is 0 Å². The average Bonchev–Trinajstić information content (AvgIpc) is 2.38. The Morgan fingerprint density at radius 1 is 1.44 bits per heavy atom. The number of oxime groups is 1. The van der Waals surface area contributed by atoms with E-state index in [4.69, 9.17) is 5.21 Å². The van der Waals surface area contributed by atoms with Crippen LogP contribution in [-0.4, -0.2) is 34.0 Å². The predicted molar refractivity (Wildman–Crippen MR) is 69.6 cm³/mol. The van der Waals surface area contributed by atoms with Crippen LogP contribution in [0.1, 0.15) is 38.4 Å². The normalized spacial score (nSPS) is 16.2. The summed E-state index contributed by atoms with van der Waals surface area (Å²) in [6.07, 6.45) is 1.42. The van der Waals surface area contributed by atoms with Gasteiger partial charge in [-0.3, -0.25) is 4.79 Å². The van der Waals surface area contributed by atoms with Gasteiger partial charge >= 0.3 is 0 Å². The highest BCUT2D eigenvalue weighted by Gasteiger charge is 2.18. The van der Waals surface area contributed by atoms with Crippen molar-refractivity contribution in [3.63, 3.8) is 0 Å². The Balaban J connectivity index is 2.21. The third-order valence-corrected chi connectivity index (χ3v) is 3.10. The molecule has 1 aliphatic rings. The minimum absolute atomic E-state index is 0.120. The van der Waals surface area contributed by atoms with Crippen LogP contribution >= 0.6 is 0 Å². The van der Waals surface area contributed by atoms with Crippen molar-refractivity contribution < 1.29 is 5.21 Å². The molecule has 2 N–H and O–H groups in total. The lowest BCUT2D eigenvalue weighted by atomic mass is 10.1. The van der Waals surface area contributed by atoms with Crippen LogP contribution in [0.4, 0.5) is 5.82 Å². The van der Waals surface area contributed by atoms with E-state index in [1.807, 2.05) is 13.8 Å². The minimum atomic E-state index is -0.120. The molecule has 0 aliphatic carbocycles. The van der Waals surface area contributed by atoms with Crippen LogP contribution < -0.4 is 10.5 Å². The number of hydrogen-bond acceptors (Lipinski definition) is 5. The number of aromatic amines is 1. The summed E-state index contributed by atoms with van der Waals surface area (Å²) in [6.45, 7) is 5.45. The first-order valence-electron chi connectivity index (χ1n) is 6.16. The van der Waals surface area contributed by atoms with Gasteiger partial charge in [0.15, 0.2) is 0 Å². The standard InChI is InChI=1S/C12H18N4O2/c1-8(2)12-13-10(7-11(17)14-12)16-5-3-9(15-18)4-6-16/h7-8,18H,3-6H2,1-2H3,(H,13,14,17). The highest BCUT2D eigenvalue weighted by molar-refractivity contribution is 5.85. The van der Waals surface area contributed by atoms with Crippen LogP contribution in [0.15, 0.2) is 16.0 Å². The summed E-state index contributed by atoms with van der Waals surface area (Å²) >= 11 is 0. The Bertz CT molecular complexity index is 497. The number of rotatable bonds is 2. The summed E-state index contributed by atoms with van der Waals surface area (Å²) in [4.78, 5) is 20.9. The second kappa shape index (κ2) is 5.20. The molecular weight excluding hydrogens is 232 g/mol.